The van der Waals surface area contributed by atoms with Gasteiger partial charge in [-0.2, -0.15) is 13.2 Å². The Morgan fingerprint density at radius 3 is 2.70 bits per heavy atom. The van der Waals surface area contributed by atoms with Crippen LogP contribution in [0.5, 0.6) is 0 Å². The molecule has 2 aliphatic rings. The first-order valence-corrected chi connectivity index (χ1v) is 10.1. The maximum atomic E-state index is 12.7. The molecule has 1 saturated heterocycles. The van der Waals surface area contributed by atoms with E-state index in [1.807, 2.05) is 24.8 Å². The molecular weight excluding hydrogens is 381 g/mol. The Morgan fingerprint density at radius 1 is 1.44 bits per heavy atom. The van der Waals surface area contributed by atoms with Crippen LogP contribution >= 0.6 is 11.8 Å². The summed E-state index contributed by atoms with van der Waals surface area (Å²) in [5, 5.41) is 10.2. The van der Waals surface area contributed by atoms with E-state index in [0.717, 1.165) is 0 Å². The highest BCUT2D eigenvalue weighted by Gasteiger charge is 2.37. The molecule has 0 aromatic rings. The van der Waals surface area contributed by atoms with Gasteiger partial charge in [0.05, 0.1) is 23.8 Å². The van der Waals surface area contributed by atoms with Crippen molar-refractivity contribution in [3.63, 3.8) is 0 Å². The average molecular weight is 408 g/mol. The highest BCUT2D eigenvalue weighted by Crippen LogP contribution is 2.37. The predicted molar refractivity (Wildman–Crippen MR) is 99.3 cm³/mol. The van der Waals surface area contributed by atoms with Crippen molar-refractivity contribution in [1.29, 1.82) is 0 Å². The second-order valence-electron chi connectivity index (χ2n) is 6.76. The Hall–Kier alpha value is -1.19. The van der Waals surface area contributed by atoms with Gasteiger partial charge >= 0.3 is 12.1 Å². The fourth-order valence-corrected chi connectivity index (χ4v) is 4.50. The summed E-state index contributed by atoms with van der Waals surface area (Å²) < 4.78 is 43.5. The van der Waals surface area contributed by atoms with Gasteiger partial charge in [0, 0.05) is 25.6 Å². The van der Waals surface area contributed by atoms with Gasteiger partial charge in [-0.25, -0.2) is 4.79 Å². The molecule has 0 saturated carbocycles. The maximum Gasteiger partial charge on any atom is 0.389 e. The Kier molecular flexibility index (Phi) is 7.64. The number of ether oxygens (including phenoxy) is 1. The number of halogens is 3. The van der Waals surface area contributed by atoms with Gasteiger partial charge in [0.1, 0.15) is 6.17 Å². The van der Waals surface area contributed by atoms with Gasteiger partial charge in [0.2, 0.25) is 0 Å². The fraction of sp³-hybridized carbons (Fsp3) is 0.722. The Balaban J connectivity index is 2.36. The van der Waals surface area contributed by atoms with Gasteiger partial charge in [-0.1, -0.05) is 6.92 Å². The monoisotopic (exact) mass is 408 g/mol. The van der Waals surface area contributed by atoms with Crippen LogP contribution < -0.4 is 0 Å². The SMILES string of the molecule is CCSC1=C(C(=O)O)C(C)=CC(N2CCOC[C@H]2C)N1CCCC(F)(F)F. The number of nitrogens with zero attached hydrogens (tertiary/aromatic N) is 2. The van der Waals surface area contributed by atoms with E-state index in [2.05, 4.69) is 4.90 Å². The van der Waals surface area contributed by atoms with Gasteiger partial charge < -0.3 is 14.7 Å². The molecule has 1 fully saturated rings. The summed E-state index contributed by atoms with van der Waals surface area (Å²) in [6.45, 7) is 7.57. The van der Waals surface area contributed by atoms with Crippen molar-refractivity contribution in [3.05, 3.63) is 22.3 Å². The van der Waals surface area contributed by atoms with Crippen molar-refractivity contribution in [2.24, 2.45) is 0 Å². The second kappa shape index (κ2) is 9.34. The van der Waals surface area contributed by atoms with Crippen LogP contribution in [0.3, 0.4) is 0 Å². The van der Waals surface area contributed by atoms with Crippen molar-refractivity contribution in [2.45, 2.75) is 52.0 Å². The minimum atomic E-state index is -4.22. The van der Waals surface area contributed by atoms with Gasteiger partial charge in [-0.3, -0.25) is 4.90 Å². The Morgan fingerprint density at radius 2 is 2.15 bits per heavy atom. The van der Waals surface area contributed by atoms with Crippen molar-refractivity contribution in [3.8, 4) is 0 Å². The minimum Gasteiger partial charge on any atom is -0.478 e. The summed E-state index contributed by atoms with van der Waals surface area (Å²) in [6, 6.07) is 0.0946. The lowest BCUT2D eigenvalue weighted by Crippen LogP contribution is -2.56. The van der Waals surface area contributed by atoms with Crippen LogP contribution in [0, 0.1) is 0 Å². The zero-order valence-electron chi connectivity index (χ0n) is 15.9. The van der Waals surface area contributed by atoms with Crippen LogP contribution in [0.2, 0.25) is 0 Å². The van der Waals surface area contributed by atoms with E-state index in [9.17, 15) is 23.1 Å². The zero-order valence-corrected chi connectivity index (χ0v) is 16.7. The molecule has 0 aromatic carbocycles. The first kappa shape index (κ1) is 22.1. The first-order valence-electron chi connectivity index (χ1n) is 9.11. The van der Waals surface area contributed by atoms with Gasteiger partial charge in [0.25, 0.3) is 0 Å². The van der Waals surface area contributed by atoms with Gasteiger partial charge in [-0.05, 0) is 37.7 Å². The van der Waals surface area contributed by atoms with E-state index in [1.165, 1.54) is 11.8 Å². The van der Waals surface area contributed by atoms with E-state index in [-0.39, 0.29) is 30.7 Å². The third-order valence-corrected chi connectivity index (χ3v) is 5.70. The molecule has 0 aliphatic carbocycles. The van der Waals surface area contributed by atoms with Crippen LogP contribution in [-0.4, -0.2) is 71.3 Å². The number of rotatable bonds is 7. The Labute approximate surface area is 162 Å². The van der Waals surface area contributed by atoms with Crippen molar-refractivity contribution in [2.75, 3.05) is 32.1 Å². The molecule has 0 bridgehead atoms. The number of hydrogen-bond acceptors (Lipinski definition) is 5. The van der Waals surface area contributed by atoms with E-state index < -0.39 is 18.6 Å². The fourth-order valence-electron chi connectivity index (χ4n) is 3.47. The first-order chi connectivity index (χ1) is 12.7. The summed E-state index contributed by atoms with van der Waals surface area (Å²) in [6.07, 6.45) is -3.59. The molecule has 0 spiro atoms. The number of carboxylic acid groups (broad SMARTS) is 1. The topological polar surface area (TPSA) is 53.0 Å². The molecule has 2 aliphatic heterocycles. The molecule has 0 aromatic heterocycles. The lowest BCUT2D eigenvalue weighted by Gasteiger charge is -2.47. The molecule has 2 rings (SSSR count). The van der Waals surface area contributed by atoms with E-state index in [4.69, 9.17) is 4.74 Å². The number of thioether (sulfide) groups is 1. The molecule has 0 amide bonds. The molecular formula is C18H27F3N2O3S. The molecule has 27 heavy (non-hydrogen) atoms. The average Bonchev–Trinajstić information content (AvgIpc) is 2.56. The summed E-state index contributed by atoms with van der Waals surface area (Å²) >= 11 is 1.37. The largest absolute Gasteiger partial charge is 0.478 e. The third-order valence-electron chi connectivity index (χ3n) is 4.70. The number of carbonyl (C=O) groups is 1. The van der Waals surface area contributed by atoms with Crippen LogP contribution in [0.25, 0.3) is 0 Å². The number of morpholine rings is 1. The quantitative estimate of drug-likeness (QED) is 0.694. The lowest BCUT2D eigenvalue weighted by molar-refractivity contribution is -0.137. The number of alkyl halides is 3. The van der Waals surface area contributed by atoms with Crippen LogP contribution in [-0.2, 0) is 9.53 Å². The molecule has 2 atom stereocenters. The highest BCUT2D eigenvalue weighted by molar-refractivity contribution is 8.03. The zero-order chi connectivity index (χ0) is 20.2. The van der Waals surface area contributed by atoms with E-state index in [1.54, 1.807) is 6.92 Å². The van der Waals surface area contributed by atoms with Crippen LogP contribution in [0.4, 0.5) is 13.2 Å². The third kappa shape index (κ3) is 5.65. The predicted octanol–water partition coefficient (Wildman–Crippen LogP) is 3.69. The number of hydrogen-bond donors (Lipinski definition) is 1. The van der Waals surface area contributed by atoms with Crippen molar-refractivity contribution in [1.82, 2.24) is 9.80 Å². The minimum absolute atomic E-state index is 0.0771. The van der Waals surface area contributed by atoms with Gasteiger partial charge in [-0.15, -0.1) is 11.8 Å². The van der Waals surface area contributed by atoms with Crippen molar-refractivity contribution < 1.29 is 27.8 Å². The van der Waals surface area contributed by atoms with Crippen LogP contribution in [0.1, 0.15) is 33.6 Å². The highest BCUT2D eigenvalue weighted by atomic mass is 32.2. The number of aliphatic carboxylic acids is 1. The van der Waals surface area contributed by atoms with E-state index >= 15 is 0 Å². The summed E-state index contributed by atoms with van der Waals surface area (Å²) in [5.74, 6) is -0.408. The molecule has 2 heterocycles. The summed E-state index contributed by atoms with van der Waals surface area (Å²) in [5.41, 5.74) is 0.834. The molecule has 1 N–H and O–H groups in total. The van der Waals surface area contributed by atoms with Crippen molar-refractivity contribution >= 4 is 17.7 Å². The summed E-state index contributed by atoms with van der Waals surface area (Å²) in [4.78, 5) is 15.8. The van der Waals surface area contributed by atoms with Crippen LogP contribution in [0.15, 0.2) is 22.3 Å². The maximum absolute atomic E-state index is 12.7. The molecule has 9 heteroatoms. The lowest BCUT2D eigenvalue weighted by atomic mass is 10.0. The normalized spacial score (nSPS) is 25.0. The molecule has 5 nitrogen and oxygen atoms in total. The molecule has 0 radical (unpaired) electrons. The van der Waals surface area contributed by atoms with E-state index in [0.29, 0.717) is 36.1 Å². The molecule has 1 unspecified atom stereocenters. The second-order valence-corrected chi connectivity index (χ2v) is 8.01. The summed E-state index contributed by atoms with van der Waals surface area (Å²) in [7, 11) is 0. The Bertz CT molecular complexity index is 607. The standard InChI is InChI=1S/C18H27F3N2O3S/c1-4-27-16-15(17(24)25)12(2)10-14(22-8-9-26-11-13(22)3)23(16)7-5-6-18(19,20)21/h10,13-14H,4-9,11H2,1-3H3,(H,24,25)/t13-,14?/m1/s1. The smallest absolute Gasteiger partial charge is 0.389 e. The molecule has 154 valence electrons. The number of carboxylic acids is 1. The van der Waals surface area contributed by atoms with Gasteiger partial charge in [0.15, 0.2) is 0 Å².